The summed E-state index contributed by atoms with van der Waals surface area (Å²) in [5.74, 6) is -1.60. The van der Waals surface area contributed by atoms with E-state index >= 15 is 0 Å². The molecule has 0 unspecified atom stereocenters. The first-order valence-corrected chi connectivity index (χ1v) is 17.2. The van der Waals surface area contributed by atoms with E-state index in [4.69, 9.17) is 19.3 Å². The van der Waals surface area contributed by atoms with Crippen LogP contribution in [0, 0.1) is 19.7 Å². The van der Waals surface area contributed by atoms with E-state index in [1.165, 1.54) is 9.47 Å². The molecule has 1 spiro atoms. The van der Waals surface area contributed by atoms with Crippen LogP contribution in [0.2, 0.25) is 0 Å². The molecule has 4 aliphatic heterocycles. The van der Waals surface area contributed by atoms with Crippen molar-refractivity contribution in [1.82, 2.24) is 23.8 Å². The number of carbonyl (C=O) groups is 2. The van der Waals surface area contributed by atoms with Crippen LogP contribution >= 0.6 is 0 Å². The molecule has 0 saturated carbocycles. The van der Waals surface area contributed by atoms with Crippen LogP contribution in [0.1, 0.15) is 80.4 Å². The minimum atomic E-state index is -1.48. The summed E-state index contributed by atoms with van der Waals surface area (Å²) in [6, 6.07) is 8.31. The minimum absolute atomic E-state index is 0.100. The molecule has 2 fully saturated rings. The van der Waals surface area contributed by atoms with Crippen molar-refractivity contribution in [1.29, 1.82) is 0 Å². The van der Waals surface area contributed by atoms with Gasteiger partial charge in [-0.3, -0.25) is 18.8 Å². The zero-order chi connectivity index (χ0) is 35.3. The van der Waals surface area contributed by atoms with Crippen LogP contribution in [0.25, 0.3) is 17.2 Å². The number of aromatic nitrogens is 4. The molecular formula is C37H41FN6O6. The number of anilines is 1. The molecule has 50 heavy (non-hydrogen) atoms. The second kappa shape index (κ2) is 11.4. The van der Waals surface area contributed by atoms with E-state index in [9.17, 15) is 18.8 Å². The standard InChI is InChI=1S/C37H41FN6O6/c1-21-17-25(18-22(2)31(21)38)44-32(30-27(39-44)19-24-9-7-10-28(30)43(24)35(47)50-36(3,4)5)42-14-13-41(34(42)46)23-11-12-26-29(20-23)40(6)33(45)37(26)48-15-8-16-49-37/h11-14,17-18,20,24,28H,7-10,15-16,19H2,1-6H3/t24-,28+/m1/s1. The molecular weight excluding hydrogens is 643 g/mol. The van der Waals surface area contributed by atoms with Crippen LogP contribution in [0.15, 0.2) is 47.5 Å². The molecule has 0 N–H and O–H groups in total. The van der Waals surface area contributed by atoms with Gasteiger partial charge in [-0.1, -0.05) is 0 Å². The third kappa shape index (κ3) is 4.84. The smallest absolute Gasteiger partial charge is 0.411 e. The van der Waals surface area contributed by atoms with E-state index in [0.29, 0.717) is 72.0 Å². The van der Waals surface area contributed by atoms with Crippen molar-refractivity contribution in [3.63, 3.8) is 0 Å². The normalized spacial score (nSPS) is 21.1. The highest BCUT2D eigenvalue weighted by molar-refractivity contribution is 6.06. The molecule has 2 atom stereocenters. The molecule has 6 heterocycles. The number of likely N-dealkylation sites (N-methyl/N-ethyl adjacent to an activating group) is 1. The summed E-state index contributed by atoms with van der Waals surface area (Å²) in [6.45, 7) is 9.77. The molecule has 2 amide bonds. The minimum Gasteiger partial charge on any atom is -0.444 e. The Morgan fingerprint density at radius 3 is 2.38 bits per heavy atom. The Hall–Kier alpha value is -4.75. The number of carbonyl (C=O) groups excluding carboxylic acids is 2. The van der Waals surface area contributed by atoms with Gasteiger partial charge in [-0.25, -0.2) is 18.7 Å². The molecule has 0 radical (unpaired) electrons. The van der Waals surface area contributed by atoms with Gasteiger partial charge in [-0.2, -0.15) is 5.10 Å². The van der Waals surface area contributed by atoms with E-state index < -0.39 is 17.5 Å². The molecule has 4 aliphatic rings. The highest BCUT2D eigenvalue weighted by Crippen LogP contribution is 2.47. The van der Waals surface area contributed by atoms with Crippen molar-refractivity contribution in [2.45, 2.75) is 90.2 Å². The van der Waals surface area contributed by atoms with Crippen LogP contribution < -0.4 is 10.6 Å². The summed E-state index contributed by atoms with van der Waals surface area (Å²) in [6.07, 6.45) is 6.55. The van der Waals surface area contributed by atoms with E-state index in [0.717, 1.165) is 24.1 Å². The Labute approximate surface area is 288 Å². The molecule has 2 bridgehead atoms. The van der Waals surface area contributed by atoms with Crippen molar-refractivity contribution in [2.75, 3.05) is 25.2 Å². The maximum atomic E-state index is 14.9. The monoisotopic (exact) mass is 684 g/mol. The summed E-state index contributed by atoms with van der Waals surface area (Å²) in [5, 5.41) is 5.07. The van der Waals surface area contributed by atoms with Crippen molar-refractivity contribution < 1.29 is 28.2 Å². The van der Waals surface area contributed by atoms with Crippen molar-refractivity contribution in [3.05, 3.63) is 87.0 Å². The van der Waals surface area contributed by atoms with Crippen LogP contribution in [0.3, 0.4) is 0 Å². The van der Waals surface area contributed by atoms with Crippen molar-refractivity contribution >= 4 is 17.7 Å². The van der Waals surface area contributed by atoms with E-state index in [-0.39, 0.29) is 29.5 Å². The summed E-state index contributed by atoms with van der Waals surface area (Å²) in [7, 11) is 1.67. The number of halogens is 1. The first-order chi connectivity index (χ1) is 23.8. The van der Waals surface area contributed by atoms with Crippen molar-refractivity contribution in [3.8, 4) is 17.2 Å². The largest absolute Gasteiger partial charge is 0.444 e. The number of imidazole rings is 1. The predicted molar refractivity (Wildman–Crippen MR) is 182 cm³/mol. The number of hydrogen-bond acceptors (Lipinski definition) is 7. The number of nitrogens with zero attached hydrogens (tertiary/aromatic N) is 6. The zero-order valence-corrected chi connectivity index (χ0v) is 29.2. The number of piperidine rings is 1. The molecule has 262 valence electrons. The van der Waals surface area contributed by atoms with Crippen LogP contribution in [0.4, 0.5) is 14.9 Å². The van der Waals surface area contributed by atoms with Gasteiger partial charge in [0.1, 0.15) is 17.2 Å². The van der Waals surface area contributed by atoms with E-state index in [1.54, 1.807) is 72.9 Å². The molecule has 12 nitrogen and oxygen atoms in total. The van der Waals surface area contributed by atoms with Crippen LogP contribution in [-0.4, -0.2) is 67.7 Å². The lowest BCUT2D eigenvalue weighted by atomic mass is 9.83. The first kappa shape index (κ1) is 32.5. The molecule has 0 aliphatic carbocycles. The second-order valence-electron chi connectivity index (χ2n) is 14.7. The zero-order valence-electron chi connectivity index (χ0n) is 29.2. The second-order valence-corrected chi connectivity index (χ2v) is 14.7. The molecule has 8 rings (SSSR count). The summed E-state index contributed by atoms with van der Waals surface area (Å²) in [5.41, 5.74) is 3.78. The number of aryl methyl sites for hydroxylation is 2. The number of benzene rings is 2. The van der Waals surface area contributed by atoms with E-state index in [2.05, 4.69) is 0 Å². The average Bonchev–Trinajstić information content (AvgIpc) is 3.70. The first-order valence-electron chi connectivity index (χ1n) is 17.2. The van der Waals surface area contributed by atoms with Gasteiger partial charge >= 0.3 is 11.8 Å². The average molecular weight is 685 g/mol. The fourth-order valence-electron chi connectivity index (χ4n) is 8.01. The third-order valence-corrected chi connectivity index (χ3v) is 10.2. The number of rotatable bonds is 3. The molecule has 2 saturated heterocycles. The maximum absolute atomic E-state index is 14.9. The molecule has 13 heteroatoms. The Morgan fingerprint density at radius 2 is 1.68 bits per heavy atom. The van der Waals surface area contributed by atoms with Gasteiger partial charge in [-0.05, 0) is 102 Å². The van der Waals surface area contributed by atoms with Crippen LogP contribution in [-0.2, 0) is 31.2 Å². The highest BCUT2D eigenvalue weighted by atomic mass is 19.1. The lowest BCUT2D eigenvalue weighted by Crippen LogP contribution is -2.51. The van der Waals surface area contributed by atoms with E-state index in [1.807, 2.05) is 25.7 Å². The lowest BCUT2D eigenvalue weighted by Gasteiger charge is -2.45. The fraction of sp³-hybridized carbons (Fsp3) is 0.459. The summed E-state index contributed by atoms with van der Waals surface area (Å²) >= 11 is 0. The summed E-state index contributed by atoms with van der Waals surface area (Å²) < 4.78 is 37.3. The predicted octanol–water partition coefficient (Wildman–Crippen LogP) is 5.52. The van der Waals surface area contributed by atoms with Gasteiger partial charge in [0.05, 0.1) is 42.0 Å². The van der Waals surface area contributed by atoms with Crippen molar-refractivity contribution in [2.24, 2.45) is 0 Å². The molecule has 2 aromatic heterocycles. The Balaban J connectivity index is 1.28. The Morgan fingerprint density at radius 1 is 0.980 bits per heavy atom. The molecule has 2 aromatic carbocycles. The number of fused-ring (bicyclic) bond motifs is 6. The van der Waals surface area contributed by atoms with Gasteiger partial charge in [0.15, 0.2) is 0 Å². The molecule has 4 aromatic rings. The highest BCUT2D eigenvalue weighted by Gasteiger charge is 2.54. The van der Waals surface area contributed by atoms with Gasteiger partial charge in [-0.15, -0.1) is 0 Å². The number of ether oxygens (including phenoxy) is 3. The third-order valence-electron chi connectivity index (χ3n) is 10.2. The maximum Gasteiger partial charge on any atom is 0.411 e. The van der Waals surface area contributed by atoms with Gasteiger partial charge in [0.2, 0.25) is 0 Å². The van der Waals surface area contributed by atoms with Gasteiger partial charge in [0, 0.05) is 43.0 Å². The van der Waals surface area contributed by atoms with Gasteiger partial charge < -0.3 is 19.1 Å². The SMILES string of the molecule is Cc1cc(-n2nc3c(c2-n2ccn(-c4ccc5c(c4)N(C)C(=O)C54OCCCO4)c2=O)[C@@H]2CCC[C@H](C3)N2C(=O)OC(C)(C)C)cc(C)c1F. The Kier molecular flexibility index (Phi) is 7.39. The lowest BCUT2D eigenvalue weighted by molar-refractivity contribution is -0.256. The summed E-state index contributed by atoms with van der Waals surface area (Å²) in [4.78, 5) is 44.9. The topological polar surface area (TPSA) is 113 Å². The quantitative estimate of drug-likeness (QED) is 0.279. The van der Waals surface area contributed by atoms with Gasteiger partial charge in [0.25, 0.3) is 11.7 Å². The Bertz CT molecular complexity index is 2100. The fourth-order valence-corrected chi connectivity index (χ4v) is 8.01. The number of amides is 2. The van der Waals surface area contributed by atoms with Crippen LogP contribution in [0.5, 0.6) is 0 Å². The number of hydrogen-bond donors (Lipinski definition) is 0.